The zero-order valence-corrected chi connectivity index (χ0v) is 15.9. The fraction of sp³-hybridized carbons (Fsp3) is 0.250. The Hall–Kier alpha value is -3.43. The van der Waals surface area contributed by atoms with Crippen LogP contribution in [0.2, 0.25) is 0 Å². The zero-order chi connectivity index (χ0) is 21.4. The van der Waals surface area contributed by atoms with E-state index in [1.807, 2.05) is 36.4 Å². The van der Waals surface area contributed by atoms with Gasteiger partial charge in [-0.2, -0.15) is 0 Å². The highest BCUT2D eigenvalue weighted by atomic mass is 16.5. The SMILES string of the molecule is COc1cc2ccccc2cc1CCc1c(C(=O)O)[nH]c(=O)[nH]c1=O.NCCO. The Bertz CT molecular complexity index is 1100. The Kier molecular flexibility index (Phi) is 7.70. The van der Waals surface area contributed by atoms with Gasteiger partial charge in [0.05, 0.1) is 13.7 Å². The van der Waals surface area contributed by atoms with E-state index in [1.165, 1.54) is 0 Å². The van der Waals surface area contributed by atoms with Gasteiger partial charge in [-0.3, -0.25) is 9.78 Å². The van der Waals surface area contributed by atoms with E-state index < -0.39 is 17.2 Å². The molecule has 0 aliphatic heterocycles. The number of fused-ring (bicyclic) bond motifs is 1. The minimum Gasteiger partial charge on any atom is -0.496 e. The summed E-state index contributed by atoms with van der Waals surface area (Å²) in [5, 5.41) is 19.0. The highest BCUT2D eigenvalue weighted by Gasteiger charge is 2.16. The number of ether oxygens (including phenoxy) is 1. The van der Waals surface area contributed by atoms with Gasteiger partial charge in [-0.25, -0.2) is 9.59 Å². The summed E-state index contributed by atoms with van der Waals surface area (Å²) in [6, 6.07) is 11.6. The molecule has 6 N–H and O–H groups in total. The number of hydrogen-bond donors (Lipinski definition) is 5. The molecule has 0 saturated carbocycles. The zero-order valence-electron chi connectivity index (χ0n) is 15.9. The average molecular weight is 401 g/mol. The van der Waals surface area contributed by atoms with Gasteiger partial charge in [0.2, 0.25) is 0 Å². The summed E-state index contributed by atoms with van der Waals surface area (Å²) in [6.07, 6.45) is 0.547. The van der Waals surface area contributed by atoms with Crippen molar-refractivity contribution >= 4 is 16.7 Å². The van der Waals surface area contributed by atoms with Crippen LogP contribution in [0.25, 0.3) is 10.8 Å². The van der Waals surface area contributed by atoms with Crippen molar-refractivity contribution in [2.75, 3.05) is 20.3 Å². The van der Waals surface area contributed by atoms with Gasteiger partial charge in [-0.15, -0.1) is 0 Å². The van der Waals surface area contributed by atoms with Crippen LogP contribution in [-0.2, 0) is 12.8 Å². The molecule has 0 bridgehead atoms. The van der Waals surface area contributed by atoms with E-state index in [9.17, 15) is 19.5 Å². The predicted molar refractivity (Wildman–Crippen MR) is 109 cm³/mol. The summed E-state index contributed by atoms with van der Waals surface area (Å²) >= 11 is 0. The maximum absolute atomic E-state index is 12.0. The minimum atomic E-state index is -1.34. The molecule has 29 heavy (non-hydrogen) atoms. The number of aromatic nitrogens is 2. The van der Waals surface area contributed by atoms with E-state index in [-0.39, 0.29) is 24.3 Å². The summed E-state index contributed by atoms with van der Waals surface area (Å²) in [7, 11) is 1.56. The van der Waals surface area contributed by atoms with Crippen LogP contribution in [0.15, 0.2) is 46.0 Å². The third-order valence-corrected chi connectivity index (χ3v) is 4.18. The summed E-state index contributed by atoms with van der Waals surface area (Å²) in [5.41, 5.74) is 3.74. The molecule has 0 unspecified atom stereocenters. The normalized spacial score (nSPS) is 10.3. The molecule has 9 heteroatoms. The molecule has 0 amide bonds. The summed E-state index contributed by atoms with van der Waals surface area (Å²) in [6.45, 7) is 0.472. The van der Waals surface area contributed by atoms with Gasteiger partial charge in [-0.05, 0) is 41.3 Å². The quantitative estimate of drug-likeness (QED) is 0.405. The number of aliphatic hydroxyl groups is 1. The third-order valence-electron chi connectivity index (χ3n) is 4.18. The molecule has 0 fully saturated rings. The van der Waals surface area contributed by atoms with Crippen molar-refractivity contribution in [3.8, 4) is 5.75 Å². The van der Waals surface area contributed by atoms with Crippen molar-refractivity contribution in [3.05, 3.63) is 74.1 Å². The van der Waals surface area contributed by atoms with Crippen molar-refractivity contribution in [1.82, 2.24) is 9.97 Å². The Morgan fingerprint density at radius 3 is 2.28 bits per heavy atom. The van der Waals surface area contributed by atoms with Gasteiger partial charge in [-0.1, -0.05) is 24.3 Å². The number of aliphatic hydroxyl groups excluding tert-OH is 1. The number of rotatable bonds is 6. The lowest BCUT2D eigenvalue weighted by atomic mass is 10.00. The van der Waals surface area contributed by atoms with Gasteiger partial charge >= 0.3 is 11.7 Å². The maximum Gasteiger partial charge on any atom is 0.352 e. The lowest BCUT2D eigenvalue weighted by molar-refractivity contribution is 0.0688. The number of nitrogens with one attached hydrogen (secondary N) is 2. The van der Waals surface area contributed by atoms with E-state index in [1.54, 1.807) is 7.11 Å². The third kappa shape index (κ3) is 5.53. The first-order valence-electron chi connectivity index (χ1n) is 8.86. The van der Waals surface area contributed by atoms with Gasteiger partial charge in [0.1, 0.15) is 11.4 Å². The topological polar surface area (TPSA) is 158 Å². The standard InChI is InChI=1S/C18H16N2O5.C2H7NO/c1-25-14-9-11-5-3-2-4-10(11)8-12(14)6-7-13-15(17(22)23)19-18(24)20-16(13)21;3-1-2-4/h2-5,8-9H,6-7H2,1H3,(H,22,23)(H2,19,20,21,24);4H,1-3H2. The molecule has 0 aliphatic rings. The second-order valence-electron chi connectivity index (χ2n) is 6.09. The van der Waals surface area contributed by atoms with Gasteiger partial charge in [0.15, 0.2) is 0 Å². The summed E-state index contributed by atoms with van der Waals surface area (Å²) in [4.78, 5) is 38.8. The highest BCUT2D eigenvalue weighted by molar-refractivity contribution is 5.87. The first kappa shape index (κ1) is 21.9. The number of hydrogen-bond acceptors (Lipinski definition) is 6. The van der Waals surface area contributed by atoms with Crippen molar-refractivity contribution < 1.29 is 19.7 Å². The molecule has 1 heterocycles. The Labute approximate surface area is 165 Å². The smallest absolute Gasteiger partial charge is 0.352 e. The second kappa shape index (κ2) is 10.2. The monoisotopic (exact) mass is 401 g/mol. The van der Waals surface area contributed by atoms with E-state index in [0.717, 1.165) is 16.3 Å². The Morgan fingerprint density at radius 2 is 1.72 bits per heavy atom. The fourth-order valence-electron chi connectivity index (χ4n) is 2.85. The summed E-state index contributed by atoms with van der Waals surface area (Å²) in [5.74, 6) is -0.680. The molecule has 0 radical (unpaired) electrons. The van der Waals surface area contributed by atoms with Crippen molar-refractivity contribution in [1.29, 1.82) is 0 Å². The molecule has 0 saturated heterocycles. The number of aryl methyl sites for hydroxylation is 1. The number of H-pyrrole nitrogens is 2. The van der Waals surface area contributed by atoms with E-state index in [4.69, 9.17) is 15.6 Å². The lowest BCUT2D eigenvalue weighted by Crippen LogP contribution is -2.30. The fourth-order valence-corrected chi connectivity index (χ4v) is 2.85. The van der Waals surface area contributed by atoms with Crippen LogP contribution >= 0.6 is 0 Å². The molecular weight excluding hydrogens is 378 g/mol. The van der Waals surface area contributed by atoms with E-state index in [0.29, 0.717) is 18.7 Å². The Balaban J connectivity index is 0.000000687. The molecular formula is C20H23N3O6. The van der Waals surface area contributed by atoms with Crippen molar-refractivity contribution in [2.24, 2.45) is 5.73 Å². The highest BCUT2D eigenvalue weighted by Crippen LogP contribution is 2.27. The molecule has 154 valence electrons. The number of carboxylic acid groups (broad SMARTS) is 1. The molecule has 1 aromatic heterocycles. The number of benzene rings is 2. The molecule has 0 spiro atoms. The molecule has 9 nitrogen and oxygen atoms in total. The molecule has 0 aliphatic carbocycles. The van der Waals surface area contributed by atoms with E-state index in [2.05, 4.69) is 9.97 Å². The number of methoxy groups -OCH3 is 1. The largest absolute Gasteiger partial charge is 0.496 e. The first-order valence-corrected chi connectivity index (χ1v) is 8.86. The molecule has 3 rings (SSSR count). The van der Waals surface area contributed by atoms with Crippen LogP contribution in [-0.4, -0.2) is 46.4 Å². The van der Waals surface area contributed by atoms with Crippen LogP contribution in [0.4, 0.5) is 0 Å². The van der Waals surface area contributed by atoms with Gasteiger partial charge < -0.3 is 25.7 Å². The van der Waals surface area contributed by atoms with Crippen molar-refractivity contribution in [3.63, 3.8) is 0 Å². The number of nitrogens with two attached hydrogens (primary N) is 1. The van der Waals surface area contributed by atoms with Crippen molar-refractivity contribution in [2.45, 2.75) is 12.8 Å². The molecule has 0 atom stereocenters. The molecule has 3 aromatic rings. The van der Waals surface area contributed by atoms with Crippen LogP contribution in [0.5, 0.6) is 5.75 Å². The van der Waals surface area contributed by atoms with Gasteiger partial charge in [0, 0.05) is 12.1 Å². The maximum atomic E-state index is 12.0. The van der Waals surface area contributed by atoms with Gasteiger partial charge in [0.25, 0.3) is 5.56 Å². The van der Waals surface area contributed by atoms with Crippen LogP contribution in [0.1, 0.15) is 21.6 Å². The predicted octanol–water partition coefficient (Wildman–Crippen LogP) is 0.646. The number of aromatic amines is 2. The van der Waals surface area contributed by atoms with E-state index >= 15 is 0 Å². The van der Waals surface area contributed by atoms with Crippen LogP contribution < -0.4 is 21.7 Å². The lowest BCUT2D eigenvalue weighted by Gasteiger charge is -2.11. The molecule has 2 aromatic carbocycles. The first-order chi connectivity index (χ1) is 13.9. The number of carboxylic acids is 1. The Morgan fingerprint density at radius 1 is 1.10 bits per heavy atom. The average Bonchev–Trinajstić information content (AvgIpc) is 2.72. The number of aromatic carboxylic acids is 1. The van der Waals surface area contributed by atoms with Crippen LogP contribution in [0.3, 0.4) is 0 Å². The second-order valence-corrected chi connectivity index (χ2v) is 6.09. The number of carbonyl (C=O) groups is 1. The summed E-state index contributed by atoms with van der Waals surface area (Å²) < 4.78 is 5.41. The van der Waals surface area contributed by atoms with Crippen LogP contribution in [0, 0.1) is 0 Å². The minimum absolute atomic E-state index is 0.0299.